The summed E-state index contributed by atoms with van der Waals surface area (Å²) in [6.45, 7) is 1.94. The lowest BCUT2D eigenvalue weighted by molar-refractivity contribution is 0.0993. The quantitative estimate of drug-likeness (QED) is 0.675. The van der Waals surface area contributed by atoms with Crippen LogP contribution in [0.2, 0.25) is 0 Å². The van der Waals surface area contributed by atoms with Crippen LogP contribution >= 0.6 is 0 Å². The number of carbonyl (C=O) groups excluding carboxylic acids is 1. The van der Waals surface area contributed by atoms with E-state index >= 15 is 0 Å². The van der Waals surface area contributed by atoms with Crippen LogP contribution in [0.4, 0.5) is 5.69 Å². The van der Waals surface area contributed by atoms with Crippen molar-refractivity contribution in [3.8, 4) is 5.75 Å². The van der Waals surface area contributed by atoms with Crippen LogP contribution in [-0.4, -0.2) is 12.9 Å². The average Bonchev–Trinajstić information content (AvgIpc) is 2.42. The number of rotatable bonds is 4. The van der Waals surface area contributed by atoms with Gasteiger partial charge >= 0.3 is 0 Å². The fourth-order valence-electron chi connectivity index (χ4n) is 2.03. The average molecular weight is 255 g/mol. The van der Waals surface area contributed by atoms with E-state index in [4.69, 9.17) is 10.5 Å². The van der Waals surface area contributed by atoms with E-state index < -0.39 is 0 Å². The summed E-state index contributed by atoms with van der Waals surface area (Å²) < 4.78 is 5.25. The molecule has 0 saturated carbocycles. The highest BCUT2D eigenvalue weighted by Gasteiger charge is 2.13. The zero-order valence-electron chi connectivity index (χ0n) is 11.1. The number of anilines is 1. The van der Waals surface area contributed by atoms with Crippen molar-refractivity contribution in [2.75, 3.05) is 12.8 Å². The molecule has 0 spiro atoms. The van der Waals surface area contributed by atoms with Gasteiger partial charge in [0.1, 0.15) is 5.75 Å². The number of hydrogen-bond donors (Lipinski definition) is 1. The number of aryl methyl sites for hydroxylation is 1. The number of ketones is 1. The molecule has 98 valence electrons. The highest BCUT2D eigenvalue weighted by Crippen LogP contribution is 2.21. The third kappa shape index (κ3) is 2.94. The van der Waals surface area contributed by atoms with Gasteiger partial charge in [-0.2, -0.15) is 0 Å². The number of hydrogen-bond acceptors (Lipinski definition) is 3. The van der Waals surface area contributed by atoms with E-state index in [1.54, 1.807) is 13.2 Å². The Balaban J connectivity index is 2.28. The molecule has 2 rings (SSSR count). The zero-order valence-corrected chi connectivity index (χ0v) is 11.1. The van der Waals surface area contributed by atoms with E-state index in [-0.39, 0.29) is 12.2 Å². The summed E-state index contributed by atoms with van der Waals surface area (Å²) in [5, 5.41) is 0. The van der Waals surface area contributed by atoms with E-state index in [1.165, 1.54) is 0 Å². The van der Waals surface area contributed by atoms with Crippen molar-refractivity contribution in [3.05, 3.63) is 59.2 Å². The number of methoxy groups -OCH3 is 1. The van der Waals surface area contributed by atoms with Crippen molar-refractivity contribution < 1.29 is 9.53 Å². The second-order valence-corrected chi connectivity index (χ2v) is 4.50. The van der Waals surface area contributed by atoms with E-state index in [9.17, 15) is 4.79 Å². The molecular weight excluding hydrogens is 238 g/mol. The zero-order chi connectivity index (χ0) is 13.8. The van der Waals surface area contributed by atoms with Gasteiger partial charge in [0.15, 0.2) is 5.78 Å². The predicted octanol–water partition coefficient (Wildman–Crippen LogP) is 3.01. The smallest absolute Gasteiger partial charge is 0.169 e. The molecule has 0 radical (unpaired) electrons. The Morgan fingerprint density at radius 3 is 2.68 bits per heavy atom. The van der Waals surface area contributed by atoms with Crippen molar-refractivity contribution in [1.29, 1.82) is 0 Å². The second-order valence-electron chi connectivity index (χ2n) is 4.50. The first-order valence-corrected chi connectivity index (χ1v) is 6.13. The van der Waals surface area contributed by atoms with Gasteiger partial charge in [-0.1, -0.05) is 29.8 Å². The van der Waals surface area contributed by atoms with Gasteiger partial charge in [-0.3, -0.25) is 4.79 Å². The molecule has 3 nitrogen and oxygen atoms in total. The standard InChI is InChI=1S/C16H17NO2/c1-11-7-8-14(17)13(9-11)15(18)10-12-5-3-4-6-16(12)19-2/h3-9H,10,17H2,1-2H3. The summed E-state index contributed by atoms with van der Waals surface area (Å²) in [6, 6.07) is 13.0. The number of nitrogens with two attached hydrogens (primary N) is 1. The highest BCUT2D eigenvalue weighted by atomic mass is 16.5. The maximum absolute atomic E-state index is 12.3. The van der Waals surface area contributed by atoms with Crippen LogP contribution in [-0.2, 0) is 6.42 Å². The van der Waals surface area contributed by atoms with Crippen molar-refractivity contribution >= 4 is 11.5 Å². The summed E-state index contributed by atoms with van der Waals surface area (Å²) in [7, 11) is 1.60. The Morgan fingerprint density at radius 1 is 1.21 bits per heavy atom. The Bertz CT molecular complexity index is 605. The molecule has 3 heteroatoms. The lowest BCUT2D eigenvalue weighted by Gasteiger charge is -2.09. The Hall–Kier alpha value is -2.29. The van der Waals surface area contributed by atoms with Crippen LogP contribution in [0.3, 0.4) is 0 Å². The molecule has 0 amide bonds. The Morgan fingerprint density at radius 2 is 1.95 bits per heavy atom. The number of para-hydroxylation sites is 1. The van der Waals surface area contributed by atoms with E-state index in [2.05, 4.69) is 0 Å². The first kappa shape index (κ1) is 13.1. The Labute approximate surface area is 113 Å². The maximum Gasteiger partial charge on any atom is 0.169 e. The molecule has 0 aliphatic carbocycles. The number of Topliss-reactive ketones (excluding diaryl/α,β-unsaturated/α-hetero) is 1. The molecule has 0 heterocycles. The van der Waals surface area contributed by atoms with E-state index in [0.29, 0.717) is 11.3 Å². The summed E-state index contributed by atoms with van der Waals surface area (Å²) in [4.78, 5) is 12.3. The summed E-state index contributed by atoms with van der Waals surface area (Å²) in [6.07, 6.45) is 0.289. The number of benzene rings is 2. The fourth-order valence-corrected chi connectivity index (χ4v) is 2.03. The first-order valence-electron chi connectivity index (χ1n) is 6.13. The monoisotopic (exact) mass is 255 g/mol. The topological polar surface area (TPSA) is 52.3 Å². The molecule has 0 aliphatic heterocycles. The highest BCUT2D eigenvalue weighted by molar-refractivity contribution is 6.02. The van der Waals surface area contributed by atoms with E-state index in [0.717, 1.165) is 16.9 Å². The summed E-state index contributed by atoms with van der Waals surface area (Å²) in [5.41, 5.74) is 8.85. The molecule has 0 atom stereocenters. The number of ether oxygens (including phenoxy) is 1. The molecule has 0 unspecified atom stereocenters. The normalized spacial score (nSPS) is 10.2. The van der Waals surface area contributed by atoms with Gasteiger partial charge in [0.2, 0.25) is 0 Å². The van der Waals surface area contributed by atoms with Crippen molar-refractivity contribution in [1.82, 2.24) is 0 Å². The molecule has 2 aromatic rings. The van der Waals surface area contributed by atoms with Gasteiger partial charge < -0.3 is 10.5 Å². The number of carbonyl (C=O) groups is 1. The minimum Gasteiger partial charge on any atom is -0.496 e. The van der Waals surface area contributed by atoms with Crippen LogP contribution < -0.4 is 10.5 Å². The van der Waals surface area contributed by atoms with Crippen molar-refractivity contribution in [3.63, 3.8) is 0 Å². The summed E-state index contributed by atoms with van der Waals surface area (Å²) in [5.74, 6) is 0.729. The Kier molecular flexibility index (Phi) is 3.85. The molecule has 19 heavy (non-hydrogen) atoms. The van der Waals surface area contributed by atoms with Gasteiger partial charge in [-0.25, -0.2) is 0 Å². The van der Waals surface area contributed by atoms with Crippen LogP contribution in [0.1, 0.15) is 21.5 Å². The van der Waals surface area contributed by atoms with Crippen LogP contribution in [0, 0.1) is 6.92 Å². The molecule has 2 aromatic carbocycles. The second kappa shape index (κ2) is 5.57. The minimum atomic E-state index is 0.00528. The molecule has 0 bridgehead atoms. The van der Waals surface area contributed by atoms with Gasteiger partial charge in [0, 0.05) is 23.2 Å². The largest absolute Gasteiger partial charge is 0.496 e. The van der Waals surface area contributed by atoms with Crippen molar-refractivity contribution in [2.24, 2.45) is 0 Å². The molecule has 0 fully saturated rings. The predicted molar refractivity (Wildman–Crippen MR) is 76.6 cm³/mol. The van der Waals surface area contributed by atoms with Crippen LogP contribution in [0.5, 0.6) is 5.75 Å². The molecule has 0 aliphatic rings. The van der Waals surface area contributed by atoms with Gasteiger partial charge in [-0.05, 0) is 25.1 Å². The molecular formula is C16H17NO2. The first-order chi connectivity index (χ1) is 9.11. The van der Waals surface area contributed by atoms with Crippen LogP contribution in [0.25, 0.3) is 0 Å². The lowest BCUT2D eigenvalue weighted by atomic mass is 9.99. The maximum atomic E-state index is 12.3. The van der Waals surface area contributed by atoms with Crippen LogP contribution in [0.15, 0.2) is 42.5 Å². The molecule has 0 saturated heterocycles. The van der Waals surface area contributed by atoms with Gasteiger partial charge in [0.25, 0.3) is 0 Å². The SMILES string of the molecule is COc1ccccc1CC(=O)c1cc(C)ccc1N. The minimum absolute atomic E-state index is 0.00528. The fraction of sp³-hybridized carbons (Fsp3) is 0.188. The third-order valence-electron chi connectivity index (χ3n) is 3.05. The number of nitrogen functional groups attached to an aromatic ring is 1. The molecule has 0 aromatic heterocycles. The molecule has 2 N–H and O–H groups in total. The van der Waals surface area contributed by atoms with Crippen molar-refractivity contribution in [2.45, 2.75) is 13.3 Å². The third-order valence-corrected chi connectivity index (χ3v) is 3.05. The van der Waals surface area contributed by atoms with E-state index in [1.807, 2.05) is 43.3 Å². The van der Waals surface area contributed by atoms with Gasteiger partial charge in [-0.15, -0.1) is 0 Å². The summed E-state index contributed by atoms with van der Waals surface area (Å²) >= 11 is 0. The lowest BCUT2D eigenvalue weighted by Crippen LogP contribution is -2.08. The van der Waals surface area contributed by atoms with Gasteiger partial charge in [0.05, 0.1) is 7.11 Å².